The van der Waals surface area contributed by atoms with Crippen LogP contribution in [0.1, 0.15) is 0 Å². The lowest BCUT2D eigenvalue weighted by atomic mass is 9.91. The highest BCUT2D eigenvalue weighted by atomic mass is 16.5. The van der Waals surface area contributed by atoms with E-state index in [-0.39, 0.29) is 17.8 Å². The summed E-state index contributed by atoms with van der Waals surface area (Å²) in [6.45, 7) is 0.129. The fraction of sp³-hybridized carbons (Fsp3) is 0.538. The highest BCUT2D eigenvalue weighted by Gasteiger charge is 2.48. The molecule has 8 nitrogen and oxygen atoms in total. The summed E-state index contributed by atoms with van der Waals surface area (Å²) in [6.07, 6.45) is 0. The molecule has 1 aliphatic rings. The fourth-order valence-electron chi connectivity index (χ4n) is 2.35. The van der Waals surface area contributed by atoms with Gasteiger partial charge in [0.05, 0.1) is 32.9 Å². The Kier molecular flexibility index (Phi) is 5.30. The lowest BCUT2D eigenvalue weighted by Crippen LogP contribution is -2.30. The Morgan fingerprint density at radius 1 is 1.14 bits per heavy atom. The van der Waals surface area contributed by atoms with Gasteiger partial charge < -0.3 is 19.1 Å². The molecule has 1 fully saturated rings. The summed E-state index contributed by atoms with van der Waals surface area (Å²) in [4.78, 5) is 37.0. The first-order valence-corrected chi connectivity index (χ1v) is 6.02. The molecule has 0 aliphatic carbocycles. The Morgan fingerprint density at radius 3 is 2.14 bits per heavy atom. The van der Waals surface area contributed by atoms with Gasteiger partial charge in [0, 0.05) is 13.6 Å². The van der Waals surface area contributed by atoms with Gasteiger partial charge in [-0.1, -0.05) is 0 Å². The molecule has 1 aliphatic heterocycles. The van der Waals surface area contributed by atoms with Gasteiger partial charge >= 0.3 is 17.9 Å². The maximum Gasteiger partial charge on any atom is 0.350 e. The standard InChI is InChI=1S/C13H16N2O6/c1-15-6-8(12(17)20-3)9(13(18)21-4)10(15)7(5-14)11(16)19-2/h8-9H,6H2,1-4H3/b10-7-/t8-,9+/m1/s1. The van der Waals surface area contributed by atoms with Crippen LogP contribution in [-0.2, 0) is 28.6 Å². The Morgan fingerprint density at radius 2 is 1.71 bits per heavy atom. The van der Waals surface area contributed by atoms with Crippen molar-refractivity contribution in [3.63, 3.8) is 0 Å². The summed E-state index contributed by atoms with van der Waals surface area (Å²) in [7, 11) is 5.05. The van der Waals surface area contributed by atoms with Crippen LogP contribution >= 0.6 is 0 Å². The molecule has 0 N–H and O–H groups in total. The van der Waals surface area contributed by atoms with Crippen molar-refractivity contribution in [1.82, 2.24) is 4.90 Å². The molecular formula is C13H16N2O6. The molecule has 0 aromatic rings. The summed E-state index contributed by atoms with van der Waals surface area (Å²) < 4.78 is 13.9. The smallest absolute Gasteiger partial charge is 0.350 e. The van der Waals surface area contributed by atoms with E-state index in [1.807, 2.05) is 0 Å². The molecule has 0 radical (unpaired) electrons. The number of hydrogen-bond donors (Lipinski definition) is 0. The minimum Gasteiger partial charge on any atom is -0.469 e. The SMILES string of the molecule is COC(=O)/C(C#N)=C1/[C@@H](C(=O)OC)[C@H](C(=O)OC)CN1C. The van der Waals surface area contributed by atoms with Crippen LogP contribution < -0.4 is 0 Å². The van der Waals surface area contributed by atoms with Crippen LogP contribution in [0.4, 0.5) is 0 Å². The molecular weight excluding hydrogens is 280 g/mol. The molecule has 0 bridgehead atoms. The molecule has 0 spiro atoms. The van der Waals surface area contributed by atoms with Crippen LogP contribution in [0.25, 0.3) is 0 Å². The number of nitriles is 1. The van der Waals surface area contributed by atoms with Gasteiger partial charge in [0.25, 0.3) is 0 Å². The van der Waals surface area contributed by atoms with Crippen molar-refractivity contribution in [2.45, 2.75) is 0 Å². The van der Waals surface area contributed by atoms with Crippen molar-refractivity contribution < 1.29 is 28.6 Å². The van der Waals surface area contributed by atoms with Gasteiger partial charge in [-0.15, -0.1) is 0 Å². The molecule has 21 heavy (non-hydrogen) atoms. The maximum atomic E-state index is 12.0. The average molecular weight is 296 g/mol. The first-order valence-electron chi connectivity index (χ1n) is 6.02. The molecule has 1 rings (SSSR count). The lowest BCUT2D eigenvalue weighted by Gasteiger charge is -2.17. The second kappa shape index (κ2) is 6.74. The predicted octanol–water partition coefficient (Wildman–Crippen LogP) is -0.539. The minimum atomic E-state index is -1.08. The van der Waals surface area contributed by atoms with Gasteiger partial charge in [-0.25, -0.2) is 4.79 Å². The Balaban J connectivity index is 3.44. The van der Waals surface area contributed by atoms with Crippen LogP contribution in [0.15, 0.2) is 11.3 Å². The summed E-state index contributed by atoms with van der Waals surface area (Å²) in [5.41, 5.74) is -0.228. The van der Waals surface area contributed by atoms with Crippen LogP contribution in [0.2, 0.25) is 0 Å². The molecule has 0 unspecified atom stereocenters. The fourth-order valence-corrected chi connectivity index (χ4v) is 2.35. The summed E-state index contributed by atoms with van der Waals surface area (Å²) in [6, 6.07) is 1.72. The van der Waals surface area contributed by atoms with E-state index in [0.29, 0.717) is 0 Å². The van der Waals surface area contributed by atoms with Gasteiger partial charge in [0.2, 0.25) is 0 Å². The number of esters is 3. The number of carbonyl (C=O) groups is 3. The minimum absolute atomic E-state index is 0.103. The Hall–Kier alpha value is -2.56. The van der Waals surface area contributed by atoms with Crippen molar-refractivity contribution in [3.05, 3.63) is 11.3 Å². The molecule has 114 valence electrons. The van der Waals surface area contributed by atoms with Crippen LogP contribution in [-0.4, -0.2) is 57.7 Å². The molecule has 0 amide bonds. The number of likely N-dealkylation sites (tertiary alicyclic amines) is 1. The van der Waals surface area contributed by atoms with Gasteiger partial charge in [-0.2, -0.15) is 5.26 Å². The monoisotopic (exact) mass is 296 g/mol. The number of methoxy groups -OCH3 is 3. The van der Waals surface area contributed by atoms with E-state index in [4.69, 9.17) is 5.26 Å². The first kappa shape index (κ1) is 16.5. The largest absolute Gasteiger partial charge is 0.469 e. The maximum absolute atomic E-state index is 12.0. The quantitative estimate of drug-likeness (QED) is 0.296. The Labute approximate surface area is 121 Å². The molecule has 1 saturated heterocycles. The summed E-state index contributed by atoms with van der Waals surface area (Å²) in [5, 5.41) is 9.16. The second-order valence-corrected chi connectivity index (χ2v) is 4.37. The molecule has 0 saturated carbocycles. The van der Waals surface area contributed by atoms with Crippen molar-refractivity contribution in [2.75, 3.05) is 34.9 Å². The molecule has 8 heteroatoms. The van der Waals surface area contributed by atoms with Crippen LogP contribution in [0, 0.1) is 23.2 Å². The summed E-state index contributed by atoms with van der Waals surface area (Å²) in [5.74, 6) is -4.15. The van der Waals surface area contributed by atoms with Crippen molar-refractivity contribution >= 4 is 17.9 Å². The molecule has 1 heterocycles. The van der Waals surface area contributed by atoms with Crippen molar-refractivity contribution in [2.24, 2.45) is 11.8 Å². The van der Waals surface area contributed by atoms with Crippen LogP contribution in [0.5, 0.6) is 0 Å². The number of ether oxygens (including phenoxy) is 3. The van der Waals surface area contributed by atoms with Gasteiger partial charge in [0.15, 0.2) is 5.57 Å². The molecule has 0 aromatic carbocycles. The van der Waals surface area contributed by atoms with Crippen LogP contribution in [0.3, 0.4) is 0 Å². The van der Waals surface area contributed by atoms with E-state index < -0.39 is 29.7 Å². The van der Waals surface area contributed by atoms with Gasteiger partial charge in [-0.05, 0) is 0 Å². The zero-order valence-electron chi connectivity index (χ0n) is 12.2. The van der Waals surface area contributed by atoms with Crippen molar-refractivity contribution in [1.29, 1.82) is 5.26 Å². The van der Waals surface area contributed by atoms with E-state index in [1.54, 1.807) is 13.1 Å². The average Bonchev–Trinajstić information content (AvgIpc) is 2.83. The van der Waals surface area contributed by atoms with E-state index >= 15 is 0 Å². The normalized spacial score (nSPS) is 23.1. The first-order chi connectivity index (χ1) is 9.92. The number of rotatable bonds is 3. The third-order valence-corrected chi connectivity index (χ3v) is 3.30. The zero-order chi connectivity index (χ0) is 16.2. The lowest BCUT2D eigenvalue weighted by molar-refractivity contribution is -0.154. The van der Waals surface area contributed by atoms with Crippen molar-refractivity contribution in [3.8, 4) is 6.07 Å². The predicted molar refractivity (Wildman–Crippen MR) is 68.3 cm³/mol. The second-order valence-electron chi connectivity index (χ2n) is 4.37. The topological polar surface area (TPSA) is 106 Å². The van der Waals surface area contributed by atoms with E-state index in [2.05, 4.69) is 14.2 Å². The third kappa shape index (κ3) is 2.97. The molecule has 0 aromatic heterocycles. The highest BCUT2D eigenvalue weighted by molar-refractivity contribution is 5.96. The number of hydrogen-bond acceptors (Lipinski definition) is 8. The van der Waals surface area contributed by atoms with E-state index in [1.165, 1.54) is 12.0 Å². The highest BCUT2D eigenvalue weighted by Crippen LogP contribution is 2.36. The summed E-state index contributed by atoms with van der Waals surface area (Å²) >= 11 is 0. The zero-order valence-corrected chi connectivity index (χ0v) is 12.2. The van der Waals surface area contributed by atoms with Gasteiger partial charge in [0.1, 0.15) is 12.0 Å². The number of carbonyl (C=O) groups excluding carboxylic acids is 3. The Bertz CT molecular complexity index is 533. The third-order valence-electron chi connectivity index (χ3n) is 3.30. The number of nitrogens with zero attached hydrogens (tertiary/aromatic N) is 2. The van der Waals surface area contributed by atoms with E-state index in [9.17, 15) is 14.4 Å². The van der Waals surface area contributed by atoms with E-state index in [0.717, 1.165) is 14.2 Å². The van der Waals surface area contributed by atoms with Gasteiger partial charge in [-0.3, -0.25) is 9.59 Å². The molecule has 2 atom stereocenters.